The smallest absolute Gasteiger partial charge is 0.329 e. The molecule has 2 amide bonds. The largest absolute Gasteiger partial charge is 0.416 e. The molecule has 2 N–H and O–H groups in total. The van der Waals surface area contributed by atoms with Crippen LogP contribution in [0.3, 0.4) is 0 Å². The topological polar surface area (TPSA) is 57.3 Å². The molecule has 3 aliphatic rings. The van der Waals surface area contributed by atoms with E-state index in [9.17, 15) is 31.1 Å². The van der Waals surface area contributed by atoms with Crippen molar-refractivity contribution in [1.82, 2.24) is 15.2 Å². The average molecular weight is 549 g/mol. The van der Waals surface area contributed by atoms with Crippen LogP contribution in [0.25, 0.3) is 10.9 Å². The van der Waals surface area contributed by atoms with Crippen LogP contribution >= 0.6 is 0 Å². The number of fused-ring (bicyclic) bond motifs is 4. The SMILES string of the molecule is C=C[C@H]1CN2CC[C@H]1CC2C(NC(=O)Nc1cc(C(F)(F)F)cc(C(F)(F)F)c1)c1ccnc2ccccc12. The first-order valence-electron chi connectivity index (χ1n) is 12.5. The number of para-hydroxylation sites is 1. The summed E-state index contributed by atoms with van der Waals surface area (Å²) >= 11 is 0. The number of carbonyl (C=O) groups excluding carboxylic acids is 1. The highest BCUT2D eigenvalue weighted by Gasteiger charge is 2.43. The molecular weight excluding hydrogens is 522 g/mol. The van der Waals surface area contributed by atoms with Gasteiger partial charge in [-0.05, 0) is 67.1 Å². The van der Waals surface area contributed by atoms with Crippen LogP contribution < -0.4 is 10.6 Å². The highest BCUT2D eigenvalue weighted by Crippen LogP contribution is 2.42. The quantitative estimate of drug-likeness (QED) is 0.266. The van der Waals surface area contributed by atoms with E-state index in [1.54, 1.807) is 12.3 Å². The molecule has 0 saturated carbocycles. The summed E-state index contributed by atoms with van der Waals surface area (Å²) in [7, 11) is 0. The number of nitrogens with zero attached hydrogens (tertiary/aromatic N) is 2. The van der Waals surface area contributed by atoms with Crippen molar-refractivity contribution >= 4 is 22.6 Å². The molecule has 3 aromatic rings. The number of anilines is 1. The number of hydrogen-bond donors (Lipinski definition) is 2. The summed E-state index contributed by atoms with van der Waals surface area (Å²) in [5, 5.41) is 5.89. The molecule has 3 saturated heterocycles. The van der Waals surface area contributed by atoms with Crippen LogP contribution in [0.2, 0.25) is 0 Å². The van der Waals surface area contributed by atoms with E-state index >= 15 is 0 Å². The van der Waals surface area contributed by atoms with Gasteiger partial charge in [0.1, 0.15) is 0 Å². The summed E-state index contributed by atoms with van der Waals surface area (Å²) in [5.41, 5.74) is -2.14. The van der Waals surface area contributed by atoms with Crippen molar-refractivity contribution in [3.63, 3.8) is 0 Å². The van der Waals surface area contributed by atoms with Gasteiger partial charge in [0.05, 0.1) is 22.7 Å². The van der Waals surface area contributed by atoms with E-state index in [0.29, 0.717) is 29.5 Å². The molecule has 206 valence electrons. The summed E-state index contributed by atoms with van der Waals surface area (Å²) in [6.07, 6.45) is -4.76. The van der Waals surface area contributed by atoms with Gasteiger partial charge in [0.2, 0.25) is 0 Å². The Labute approximate surface area is 220 Å². The number of urea groups is 1. The normalized spacial score (nSPS) is 23.8. The van der Waals surface area contributed by atoms with Gasteiger partial charge < -0.3 is 10.6 Å². The lowest BCUT2D eigenvalue weighted by molar-refractivity contribution is -0.143. The zero-order chi connectivity index (χ0) is 27.9. The number of amides is 2. The second kappa shape index (κ2) is 10.2. The van der Waals surface area contributed by atoms with Gasteiger partial charge in [-0.25, -0.2) is 4.79 Å². The van der Waals surface area contributed by atoms with Crippen molar-refractivity contribution in [2.24, 2.45) is 11.8 Å². The molecule has 3 fully saturated rings. The second-order valence-electron chi connectivity index (χ2n) is 10.0. The molecule has 5 nitrogen and oxygen atoms in total. The van der Waals surface area contributed by atoms with Crippen LogP contribution in [-0.2, 0) is 12.4 Å². The van der Waals surface area contributed by atoms with Gasteiger partial charge in [0, 0.05) is 29.9 Å². The number of carbonyl (C=O) groups is 1. The van der Waals surface area contributed by atoms with E-state index in [-0.39, 0.29) is 12.1 Å². The third kappa shape index (κ3) is 5.59. The molecule has 5 atom stereocenters. The monoisotopic (exact) mass is 548 g/mol. The second-order valence-corrected chi connectivity index (χ2v) is 10.0. The third-order valence-electron chi connectivity index (χ3n) is 7.69. The summed E-state index contributed by atoms with van der Waals surface area (Å²) in [5.74, 6) is 0.667. The van der Waals surface area contributed by atoms with Crippen LogP contribution in [-0.4, -0.2) is 35.0 Å². The fourth-order valence-electron chi connectivity index (χ4n) is 5.83. The van der Waals surface area contributed by atoms with E-state index < -0.39 is 41.2 Å². The van der Waals surface area contributed by atoms with Crippen molar-refractivity contribution in [2.45, 2.75) is 37.3 Å². The molecule has 3 unspecified atom stereocenters. The van der Waals surface area contributed by atoms with Gasteiger partial charge in [0.25, 0.3) is 0 Å². The Bertz CT molecular complexity index is 1350. The number of aromatic nitrogens is 1. The summed E-state index contributed by atoms with van der Waals surface area (Å²) in [6, 6.07) is 8.53. The van der Waals surface area contributed by atoms with Gasteiger partial charge in [-0.15, -0.1) is 6.58 Å². The van der Waals surface area contributed by atoms with Gasteiger partial charge in [-0.2, -0.15) is 26.3 Å². The number of hydrogen-bond acceptors (Lipinski definition) is 3. The third-order valence-corrected chi connectivity index (χ3v) is 7.69. The lowest BCUT2D eigenvalue weighted by Gasteiger charge is -2.51. The first-order valence-corrected chi connectivity index (χ1v) is 12.5. The highest BCUT2D eigenvalue weighted by atomic mass is 19.4. The predicted molar refractivity (Wildman–Crippen MR) is 135 cm³/mol. The molecule has 6 rings (SSSR count). The minimum atomic E-state index is -5.02. The van der Waals surface area contributed by atoms with Crippen LogP contribution in [0.15, 0.2) is 67.4 Å². The van der Waals surface area contributed by atoms with Gasteiger partial charge in [-0.3, -0.25) is 9.88 Å². The summed E-state index contributed by atoms with van der Waals surface area (Å²) in [4.78, 5) is 19.8. The molecule has 39 heavy (non-hydrogen) atoms. The minimum Gasteiger partial charge on any atom is -0.329 e. The zero-order valence-electron chi connectivity index (χ0n) is 20.7. The molecule has 11 heteroatoms. The van der Waals surface area contributed by atoms with Crippen LogP contribution in [0.4, 0.5) is 36.8 Å². The van der Waals surface area contributed by atoms with Crippen LogP contribution in [0.5, 0.6) is 0 Å². The molecular formula is C28H26F6N4O. The molecule has 1 aromatic heterocycles. The molecule has 0 spiro atoms. The van der Waals surface area contributed by atoms with E-state index in [2.05, 4.69) is 27.1 Å². The standard InChI is InChI=1S/C28H26F6N4O/c1-2-16-15-38-10-8-17(16)11-24(38)25(22-7-9-35-23-6-4-3-5-21(22)23)37-26(39)36-20-13-18(27(29,30)31)12-19(14-20)28(32,33)34/h2-7,9,12-14,16-17,24-25H,1,8,10-11,15H2,(H2,36,37,39)/t16-,17-,24?,25?/m0/s1. The number of nitrogens with one attached hydrogen (secondary N) is 2. The first-order chi connectivity index (χ1) is 18.4. The van der Waals surface area contributed by atoms with Crippen molar-refractivity contribution in [3.05, 3.63) is 84.1 Å². The number of piperidine rings is 3. The maximum Gasteiger partial charge on any atom is 0.416 e. The molecule has 2 aromatic carbocycles. The average Bonchev–Trinajstić information content (AvgIpc) is 2.90. The Kier molecular flexibility index (Phi) is 7.04. The van der Waals surface area contributed by atoms with E-state index in [1.165, 1.54) is 0 Å². The number of rotatable bonds is 5. The minimum absolute atomic E-state index is 0.0249. The maximum atomic E-state index is 13.3. The predicted octanol–water partition coefficient (Wildman–Crippen LogP) is 7.03. The number of benzene rings is 2. The molecule has 4 heterocycles. The summed E-state index contributed by atoms with van der Waals surface area (Å²) < 4.78 is 80.0. The Morgan fingerprint density at radius 3 is 2.36 bits per heavy atom. The van der Waals surface area contributed by atoms with E-state index in [4.69, 9.17) is 0 Å². The zero-order valence-corrected chi connectivity index (χ0v) is 20.7. The van der Waals surface area contributed by atoms with Crippen molar-refractivity contribution in [2.75, 3.05) is 18.4 Å². The Morgan fingerprint density at radius 2 is 1.74 bits per heavy atom. The Hall–Kier alpha value is -3.60. The maximum absolute atomic E-state index is 13.3. The molecule has 0 radical (unpaired) electrons. The molecule has 3 aliphatic heterocycles. The van der Waals surface area contributed by atoms with Gasteiger partial charge in [0.15, 0.2) is 0 Å². The molecule has 0 aliphatic carbocycles. The Morgan fingerprint density at radius 1 is 1.05 bits per heavy atom. The van der Waals surface area contributed by atoms with E-state index in [1.807, 2.05) is 30.3 Å². The number of pyridine rings is 1. The van der Waals surface area contributed by atoms with Crippen molar-refractivity contribution in [1.29, 1.82) is 0 Å². The van der Waals surface area contributed by atoms with Crippen molar-refractivity contribution < 1.29 is 31.1 Å². The lowest BCUT2D eigenvalue weighted by atomic mass is 9.73. The fourth-order valence-corrected chi connectivity index (χ4v) is 5.83. The highest BCUT2D eigenvalue weighted by molar-refractivity contribution is 5.91. The van der Waals surface area contributed by atoms with E-state index in [0.717, 1.165) is 36.9 Å². The van der Waals surface area contributed by atoms with Crippen LogP contribution in [0.1, 0.15) is 35.6 Å². The number of alkyl halides is 6. The first kappa shape index (κ1) is 27.0. The number of halogens is 6. The van der Waals surface area contributed by atoms with Gasteiger partial charge >= 0.3 is 18.4 Å². The fraction of sp³-hybridized carbons (Fsp3) is 0.357. The van der Waals surface area contributed by atoms with Gasteiger partial charge in [-0.1, -0.05) is 24.3 Å². The Balaban J connectivity index is 1.48. The van der Waals surface area contributed by atoms with Crippen LogP contribution in [0, 0.1) is 11.8 Å². The summed E-state index contributed by atoms with van der Waals surface area (Å²) in [6.45, 7) is 5.51. The molecule has 2 bridgehead atoms. The van der Waals surface area contributed by atoms with Crippen molar-refractivity contribution in [3.8, 4) is 0 Å². The lowest BCUT2D eigenvalue weighted by Crippen LogP contribution is -2.57.